The van der Waals surface area contributed by atoms with Crippen molar-refractivity contribution in [3.8, 4) is 0 Å². The van der Waals surface area contributed by atoms with E-state index in [0.29, 0.717) is 17.4 Å². The first-order valence-electron chi connectivity index (χ1n) is 7.78. The van der Waals surface area contributed by atoms with Crippen LogP contribution in [-0.4, -0.2) is 36.1 Å². The predicted molar refractivity (Wildman–Crippen MR) is 95.5 cm³/mol. The number of carbonyl (C=O) groups excluding carboxylic acids is 1. The number of hydroxylamine groups is 1. The molecule has 3 rings (SSSR count). The second-order valence-corrected chi connectivity index (χ2v) is 7.70. The minimum atomic E-state index is -3.74. The van der Waals surface area contributed by atoms with Gasteiger partial charge in [0.15, 0.2) is 0 Å². The van der Waals surface area contributed by atoms with Gasteiger partial charge in [-0.2, -0.15) is 0 Å². The van der Waals surface area contributed by atoms with Crippen LogP contribution in [0.1, 0.15) is 21.6 Å². The first-order chi connectivity index (χ1) is 12.4. The van der Waals surface area contributed by atoms with Crippen LogP contribution in [0.3, 0.4) is 0 Å². The van der Waals surface area contributed by atoms with Crippen molar-refractivity contribution < 1.29 is 18.4 Å². The van der Waals surface area contributed by atoms with Gasteiger partial charge in [0.1, 0.15) is 10.6 Å². The largest absolute Gasteiger partial charge is 0.340 e. The van der Waals surface area contributed by atoms with E-state index in [2.05, 4.69) is 9.71 Å². The van der Waals surface area contributed by atoms with Crippen LogP contribution >= 0.6 is 0 Å². The van der Waals surface area contributed by atoms with Gasteiger partial charge in [-0.05, 0) is 25.6 Å². The Morgan fingerprint density at radius 3 is 2.58 bits per heavy atom. The lowest BCUT2D eigenvalue weighted by molar-refractivity contribution is 0.0701. The molecule has 0 unspecified atom stereocenters. The van der Waals surface area contributed by atoms with Crippen molar-refractivity contribution in [2.75, 3.05) is 7.05 Å². The molecule has 0 aliphatic carbocycles. The summed E-state index contributed by atoms with van der Waals surface area (Å²) in [5, 5.41) is 9.13. The van der Waals surface area contributed by atoms with Crippen LogP contribution in [0.4, 0.5) is 0 Å². The quantitative estimate of drug-likeness (QED) is 0.462. The molecule has 136 valence electrons. The molecule has 9 heteroatoms. The van der Waals surface area contributed by atoms with Crippen molar-refractivity contribution in [1.29, 1.82) is 0 Å². The summed E-state index contributed by atoms with van der Waals surface area (Å²) in [5.41, 5.74) is 4.11. The monoisotopic (exact) mass is 374 g/mol. The van der Waals surface area contributed by atoms with E-state index in [1.165, 1.54) is 31.0 Å². The van der Waals surface area contributed by atoms with Crippen molar-refractivity contribution in [2.45, 2.75) is 18.4 Å². The predicted octanol–water partition coefficient (Wildman–Crippen LogP) is 1.42. The number of aromatic nitrogens is 2. The molecule has 0 spiro atoms. The van der Waals surface area contributed by atoms with Gasteiger partial charge in [0.25, 0.3) is 5.91 Å². The van der Waals surface area contributed by atoms with Crippen molar-refractivity contribution in [2.24, 2.45) is 0 Å². The van der Waals surface area contributed by atoms with Gasteiger partial charge in [0.2, 0.25) is 10.0 Å². The topological polar surface area (TPSA) is 113 Å². The molecule has 8 nitrogen and oxygen atoms in total. The van der Waals surface area contributed by atoms with E-state index in [-0.39, 0.29) is 10.6 Å². The van der Waals surface area contributed by atoms with Crippen LogP contribution in [0.2, 0.25) is 0 Å². The van der Waals surface area contributed by atoms with Crippen LogP contribution in [0.25, 0.3) is 10.9 Å². The highest BCUT2D eigenvalue weighted by Gasteiger charge is 2.21. The van der Waals surface area contributed by atoms with E-state index >= 15 is 0 Å². The van der Waals surface area contributed by atoms with Crippen molar-refractivity contribution in [1.82, 2.24) is 19.8 Å². The van der Waals surface area contributed by atoms with E-state index in [0.717, 1.165) is 11.1 Å². The zero-order valence-electron chi connectivity index (χ0n) is 14.2. The van der Waals surface area contributed by atoms with Gasteiger partial charge in [0.05, 0.1) is 11.7 Å². The number of amides is 1. The fraction of sp³-hybridized carbons (Fsp3) is 0.176. The molecule has 3 aromatic rings. The second kappa shape index (κ2) is 6.87. The molecule has 2 heterocycles. The first-order valence-corrected chi connectivity index (χ1v) is 9.26. The van der Waals surface area contributed by atoms with Gasteiger partial charge >= 0.3 is 0 Å². The third kappa shape index (κ3) is 3.32. The summed E-state index contributed by atoms with van der Waals surface area (Å²) in [6.07, 6.45) is 2.93. The Bertz CT molecular complexity index is 1070. The van der Waals surface area contributed by atoms with Crippen LogP contribution < -0.4 is 10.2 Å². The fourth-order valence-corrected chi connectivity index (χ4v) is 3.62. The zero-order chi connectivity index (χ0) is 18.9. The molecule has 0 radical (unpaired) electrons. The number of fused-ring (bicyclic) bond motifs is 1. The Kier molecular flexibility index (Phi) is 4.77. The Balaban J connectivity index is 2.17. The minimum absolute atomic E-state index is 0.0384. The minimum Gasteiger partial charge on any atom is -0.340 e. The number of carbonyl (C=O) groups is 1. The molecule has 0 aliphatic heterocycles. The molecule has 0 saturated carbocycles. The van der Waals surface area contributed by atoms with Crippen LogP contribution in [0, 0.1) is 6.92 Å². The first kappa shape index (κ1) is 18.1. The van der Waals surface area contributed by atoms with Gasteiger partial charge < -0.3 is 4.57 Å². The standard InChI is InChI=1S/C17H18N4O4S/c1-11-3-5-12(6-4-11)9-21-10-16(26(24,25)18-2)13-7-14(17(22)20-23)19-8-15(13)21/h3-8,10,18,23H,9H2,1-2H3,(H,20,22). The summed E-state index contributed by atoms with van der Waals surface area (Å²) in [6, 6.07) is 9.24. The summed E-state index contributed by atoms with van der Waals surface area (Å²) in [4.78, 5) is 15.7. The van der Waals surface area contributed by atoms with Crippen LogP contribution in [-0.2, 0) is 16.6 Å². The highest BCUT2D eigenvalue weighted by molar-refractivity contribution is 7.89. The molecule has 3 N–H and O–H groups in total. The van der Waals surface area contributed by atoms with Gasteiger partial charge in [-0.3, -0.25) is 10.0 Å². The number of aryl methyl sites for hydroxylation is 1. The lowest BCUT2D eigenvalue weighted by Crippen LogP contribution is -2.20. The maximum Gasteiger partial charge on any atom is 0.293 e. The number of benzene rings is 1. The lowest BCUT2D eigenvalue weighted by atomic mass is 10.1. The Labute approximate surface area is 150 Å². The molecular weight excluding hydrogens is 356 g/mol. The molecule has 0 saturated heterocycles. The number of sulfonamides is 1. The highest BCUT2D eigenvalue weighted by atomic mass is 32.2. The SMILES string of the molecule is CNS(=O)(=O)c1cn(Cc2ccc(C)cc2)c2cnc(C(=O)NO)cc12. The number of hydrogen-bond donors (Lipinski definition) is 3. The summed E-state index contributed by atoms with van der Waals surface area (Å²) >= 11 is 0. The number of rotatable bonds is 5. The third-order valence-corrected chi connectivity index (χ3v) is 5.54. The number of nitrogens with one attached hydrogen (secondary N) is 2. The van der Waals surface area contributed by atoms with Crippen molar-refractivity contribution in [3.05, 3.63) is 59.5 Å². The van der Waals surface area contributed by atoms with Gasteiger partial charge in [-0.25, -0.2) is 23.6 Å². The smallest absolute Gasteiger partial charge is 0.293 e. The summed E-state index contributed by atoms with van der Waals surface area (Å²) in [7, 11) is -2.42. The van der Waals surface area contributed by atoms with Gasteiger partial charge in [-0.1, -0.05) is 29.8 Å². The van der Waals surface area contributed by atoms with E-state index in [1.807, 2.05) is 31.2 Å². The maximum absolute atomic E-state index is 12.4. The second-order valence-electron chi connectivity index (χ2n) is 5.84. The summed E-state index contributed by atoms with van der Waals surface area (Å²) in [5.74, 6) is -0.814. The van der Waals surface area contributed by atoms with Gasteiger partial charge in [0, 0.05) is 18.1 Å². The fourth-order valence-electron chi connectivity index (χ4n) is 2.68. The normalized spacial score (nSPS) is 11.7. The Morgan fingerprint density at radius 2 is 1.96 bits per heavy atom. The molecule has 26 heavy (non-hydrogen) atoms. The van der Waals surface area contributed by atoms with E-state index in [9.17, 15) is 13.2 Å². The van der Waals surface area contributed by atoms with Crippen LogP contribution in [0.5, 0.6) is 0 Å². The molecule has 0 bridgehead atoms. The molecule has 0 fully saturated rings. The zero-order valence-corrected chi connectivity index (χ0v) is 15.0. The van der Waals surface area contributed by atoms with Crippen molar-refractivity contribution in [3.63, 3.8) is 0 Å². The summed E-state index contributed by atoms with van der Waals surface area (Å²) < 4.78 is 28.8. The Morgan fingerprint density at radius 1 is 1.27 bits per heavy atom. The Hall–Kier alpha value is -2.75. The molecule has 0 aliphatic rings. The lowest BCUT2D eigenvalue weighted by Gasteiger charge is -2.06. The average Bonchev–Trinajstić information content (AvgIpc) is 3.01. The van der Waals surface area contributed by atoms with Crippen molar-refractivity contribution >= 4 is 26.8 Å². The third-order valence-electron chi connectivity index (χ3n) is 4.10. The van der Waals surface area contributed by atoms with E-state index in [4.69, 9.17) is 5.21 Å². The molecule has 0 atom stereocenters. The number of nitrogens with zero attached hydrogens (tertiary/aromatic N) is 2. The maximum atomic E-state index is 12.4. The number of hydrogen-bond acceptors (Lipinski definition) is 5. The van der Waals surface area contributed by atoms with Crippen LogP contribution in [0.15, 0.2) is 47.6 Å². The van der Waals surface area contributed by atoms with E-state index in [1.54, 1.807) is 4.57 Å². The molecule has 2 aromatic heterocycles. The number of pyridine rings is 1. The van der Waals surface area contributed by atoms with Gasteiger partial charge in [-0.15, -0.1) is 0 Å². The molecular formula is C17H18N4O4S. The highest BCUT2D eigenvalue weighted by Crippen LogP contribution is 2.26. The molecule has 1 amide bonds. The summed E-state index contributed by atoms with van der Waals surface area (Å²) in [6.45, 7) is 2.44. The average molecular weight is 374 g/mol. The molecule has 1 aromatic carbocycles. The van der Waals surface area contributed by atoms with E-state index < -0.39 is 15.9 Å².